The van der Waals surface area contributed by atoms with Gasteiger partial charge in [0, 0.05) is 11.8 Å². The van der Waals surface area contributed by atoms with Crippen molar-refractivity contribution in [2.45, 2.75) is 26.8 Å². The first-order chi connectivity index (χ1) is 9.11. The molecule has 100 valence electrons. The van der Waals surface area contributed by atoms with Crippen LogP contribution in [-0.4, -0.2) is 16.6 Å². The van der Waals surface area contributed by atoms with Crippen molar-refractivity contribution in [2.75, 3.05) is 6.61 Å². The number of hydrogen-bond donors (Lipinski definition) is 1. The van der Waals surface area contributed by atoms with E-state index in [9.17, 15) is 0 Å². The van der Waals surface area contributed by atoms with E-state index in [1.54, 1.807) is 6.20 Å². The second-order valence-corrected chi connectivity index (χ2v) is 4.50. The molecule has 2 aromatic rings. The third kappa shape index (κ3) is 3.09. The van der Waals surface area contributed by atoms with Crippen LogP contribution in [0.2, 0.25) is 0 Å². The number of nitrogens with zero attached hydrogens (tertiary/aromatic N) is 2. The molecule has 4 heteroatoms. The Kier molecular flexibility index (Phi) is 4.12. The van der Waals surface area contributed by atoms with Gasteiger partial charge in [-0.2, -0.15) is 0 Å². The van der Waals surface area contributed by atoms with Crippen molar-refractivity contribution in [1.29, 1.82) is 0 Å². The van der Waals surface area contributed by atoms with E-state index in [0.717, 1.165) is 22.6 Å². The van der Waals surface area contributed by atoms with Gasteiger partial charge >= 0.3 is 0 Å². The van der Waals surface area contributed by atoms with Crippen LogP contribution < -0.4 is 10.5 Å². The first-order valence-electron chi connectivity index (χ1n) is 6.44. The number of hydrogen-bond acceptors (Lipinski definition) is 4. The van der Waals surface area contributed by atoms with E-state index in [2.05, 4.69) is 16.0 Å². The number of aromatic nitrogens is 2. The molecule has 0 spiro atoms. The van der Waals surface area contributed by atoms with E-state index in [0.29, 0.717) is 12.4 Å². The predicted octanol–water partition coefficient (Wildman–Crippen LogP) is 2.87. The fourth-order valence-corrected chi connectivity index (χ4v) is 1.88. The Labute approximate surface area is 113 Å². The van der Waals surface area contributed by atoms with Gasteiger partial charge in [-0.1, -0.05) is 0 Å². The fraction of sp³-hybridized carbons (Fsp3) is 0.333. The van der Waals surface area contributed by atoms with Gasteiger partial charge in [0.15, 0.2) is 0 Å². The summed E-state index contributed by atoms with van der Waals surface area (Å²) in [4.78, 5) is 8.66. The molecule has 0 saturated carbocycles. The molecule has 1 aromatic heterocycles. The Balaban J connectivity index is 2.36. The molecule has 2 N–H and O–H groups in total. The Morgan fingerprint density at radius 2 is 2.11 bits per heavy atom. The molecule has 0 bridgehead atoms. The van der Waals surface area contributed by atoms with Crippen LogP contribution in [0.25, 0.3) is 11.3 Å². The smallest absolute Gasteiger partial charge is 0.145 e. The summed E-state index contributed by atoms with van der Waals surface area (Å²) in [6.07, 6.45) is 1.74. The number of ether oxygens (including phenoxy) is 1. The van der Waals surface area contributed by atoms with Crippen molar-refractivity contribution in [2.24, 2.45) is 5.73 Å². The lowest BCUT2D eigenvalue weighted by Gasteiger charge is -2.10. The minimum atomic E-state index is -0.163. The summed E-state index contributed by atoms with van der Waals surface area (Å²) < 4.78 is 5.54. The Bertz CT molecular complexity index is 567. The molecule has 0 radical (unpaired) electrons. The van der Waals surface area contributed by atoms with Crippen LogP contribution in [0.4, 0.5) is 0 Å². The molecule has 0 aliphatic rings. The Hall–Kier alpha value is -1.94. The molecule has 1 unspecified atom stereocenters. The molecule has 1 aromatic carbocycles. The molecule has 4 nitrogen and oxygen atoms in total. The lowest BCUT2D eigenvalue weighted by Crippen LogP contribution is -2.09. The summed E-state index contributed by atoms with van der Waals surface area (Å²) in [6, 6.07) is 7.77. The minimum absolute atomic E-state index is 0.163. The first-order valence-corrected chi connectivity index (χ1v) is 6.44. The maximum absolute atomic E-state index is 5.81. The second kappa shape index (κ2) is 5.80. The molecule has 1 heterocycles. The highest BCUT2D eigenvalue weighted by Gasteiger charge is 2.07. The number of aryl methyl sites for hydroxylation is 1. The number of benzene rings is 1. The van der Waals surface area contributed by atoms with Crippen molar-refractivity contribution >= 4 is 0 Å². The van der Waals surface area contributed by atoms with Crippen molar-refractivity contribution in [3.05, 3.63) is 41.9 Å². The standard InChI is InChI=1S/C15H19N3O/c1-4-19-14-6-5-12(9-10(14)2)13-7-8-17-15(18-13)11(3)16/h5-9,11H,4,16H2,1-3H3. The van der Waals surface area contributed by atoms with Crippen LogP contribution in [0.5, 0.6) is 5.75 Å². The SMILES string of the molecule is CCOc1ccc(-c2ccnc(C(C)N)n2)cc1C. The minimum Gasteiger partial charge on any atom is -0.494 e. The van der Waals surface area contributed by atoms with E-state index in [1.165, 1.54) is 0 Å². The quantitative estimate of drug-likeness (QED) is 0.914. The predicted molar refractivity (Wildman–Crippen MR) is 76.0 cm³/mol. The van der Waals surface area contributed by atoms with Gasteiger partial charge in [0.1, 0.15) is 11.6 Å². The molecule has 0 amide bonds. The van der Waals surface area contributed by atoms with Crippen molar-refractivity contribution < 1.29 is 4.74 Å². The van der Waals surface area contributed by atoms with Crippen molar-refractivity contribution in [1.82, 2.24) is 9.97 Å². The summed E-state index contributed by atoms with van der Waals surface area (Å²) in [6.45, 7) is 6.56. The van der Waals surface area contributed by atoms with Crippen LogP contribution in [0, 0.1) is 6.92 Å². The van der Waals surface area contributed by atoms with E-state index in [4.69, 9.17) is 10.5 Å². The van der Waals surface area contributed by atoms with E-state index >= 15 is 0 Å². The van der Waals surface area contributed by atoms with E-state index in [1.807, 2.05) is 39.0 Å². The number of rotatable bonds is 4. The van der Waals surface area contributed by atoms with Gasteiger partial charge in [-0.15, -0.1) is 0 Å². The monoisotopic (exact) mass is 257 g/mol. The first kappa shape index (κ1) is 13.5. The highest BCUT2D eigenvalue weighted by molar-refractivity contribution is 5.61. The van der Waals surface area contributed by atoms with Crippen molar-refractivity contribution in [3.8, 4) is 17.0 Å². The lowest BCUT2D eigenvalue weighted by atomic mass is 10.1. The molecule has 1 atom stereocenters. The molecule has 19 heavy (non-hydrogen) atoms. The van der Waals surface area contributed by atoms with Gasteiger partial charge in [0.25, 0.3) is 0 Å². The maximum Gasteiger partial charge on any atom is 0.145 e. The second-order valence-electron chi connectivity index (χ2n) is 4.50. The molecule has 2 rings (SSSR count). The van der Waals surface area contributed by atoms with Gasteiger partial charge in [0.2, 0.25) is 0 Å². The molecular weight excluding hydrogens is 238 g/mol. The lowest BCUT2D eigenvalue weighted by molar-refractivity contribution is 0.338. The molecule has 0 aliphatic carbocycles. The average Bonchev–Trinajstić information content (AvgIpc) is 2.41. The zero-order valence-corrected chi connectivity index (χ0v) is 11.6. The van der Waals surface area contributed by atoms with Crippen LogP contribution in [0.3, 0.4) is 0 Å². The zero-order valence-electron chi connectivity index (χ0n) is 11.6. The third-order valence-electron chi connectivity index (χ3n) is 2.85. The highest BCUT2D eigenvalue weighted by Crippen LogP contribution is 2.25. The van der Waals surface area contributed by atoms with Crippen molar-refractivity contribution in [3.63, 3.8) is 0 Å². The number of nitrogens with two attached hydrogens (primary N) is 1. The van der Waals surface area contributed by atoms with Crippen LogP contribution >= 0.6 is 0 Å². The van der Waals surface area contributed by atoms with Crippen LogP contribution in [0.1, 0.15) is 31.3 Å². The summed E-state index contributed by atoms with van der Waals surface area (Å²) in [5.41, 5.74) is 8.84. The molecule has 0 aliphatic heterocycles. The maximum atomic E-state index is 5.81. The fourth-order valence-electron chi connectivity index (χ4n) is 1.88. The molecule has 0 fully saturated rings. The summed E-state index contributed by atoms with van der Waals surface area (Å²) in [5, 5.41) is 0. The summed E-state index contributed by atoms with van der Waals surface area (Å²) in [7, 11) is 0. The van der Waals surface area contributed by atoms with Gasteiger partial charge in [-0.05, 0) is 50.6 Å². The van der Waals surface area contributed by atoms with Gasteiger partial charge in [0.05, 0.1) is 18.3 Å². The van der Waals surface area contributed by atoms with Crippen LogP contribution in [-0.2, 0) is 0 Å². The van der Waals surface area contributed by atoms with E-state index in [-0.39, 0.29) is 6.04 Å². The molecule has 0 saturated heterocycles. The third-order valence-corrected chi connectivity index (χ3v) is 2.85. The Morgan fingerprint density at radius 1 is 1.32 bits per heavy atom. The largest absolute Gasteiger partial charge is 0.494 e. The zero-order chi connectivity index (χ0) is 13.8. The van der Waals surface area contributed by atoms with Gasteiger partial charge in [-0.3, -0.25) is 0 Å². The molecular formula is C15H19N3O. The van der Waals surface area contributed by atoms with Gasteiger partial charge < -0.3 is 10.5 Å². The highest BCUT2D eigenvalue weighted by atomic mass is 16.5. The normalized spacial score (nSPS) is 12.2. The Morgan fingerprint density at radius 3 is 2.74 bits per heavy atom. The van der Waals surface area contributed by atoms with Gasteiger partial charge in [-0.25, -0.2) is 9.97 Å². The summed E-state index contributed by atoms with van der Waals surface area (Å²) in [5.74, 6) is 1.57. The van der Waals surface area contributed by atoms with Crippen LogP contribution in [0.15, 0.2) is 30.5 Å². The topological polar surface area (TPSA) is 61.0 Å². The average molecular weight is 257 g/mol. The van der Waals surface area contributed by atoms with E-state index < -0.39 is 0 Å². The summed E-state index contributed by atoms with van der Waals surface area (Å²) >= 11 is 0.